The highest BCUT2D eigenvalue weighted by Gasteiger charge is 2.24. The summed E-state index contributed by atoms with van der Waals surface area (Å²) in [6.07, 6.45) is -0.186. The van der Waals surface area contributed by atoms with Crippen LogP contribution < -0.4 is 24.7 Å². The van der Waals surface area contributed by atoms with Gasteiger partial charge in [0.1, 0.15) is 24.4 Å². The first-order chi connectivity index (χ1) is 21.2. The zero-order valence-corrected chi connectivity index (χ0v) is 26.8. The number of carboxylic acid groups (broad SMARTS) is 1. The van der Waals surface area contributed by atoms with Gasteiger partial charge in [-0.05, 0) is 76.4 Å². The molecule has 0 spiro atoms. The van der Waals surface area contributed by atoms with Crippen LogP contribution in [0, 0.1) is 0 Å². The Labute approximate surface area is 261 Å². The third kappa shape index (κ3) is 7.42. The van der Waals surface area contributed by atoms with E-state index in [4.69, 9.17) is 14.0 Å². The highest BCUT2D eigenvalue weighted by molar-refractivity contribution is 7.94. The van der Waals surface area contributed by atoms with Gasteiger partial charge in [-0.25, -0.2) is 23.0 Å². The monoisotopic (exact) mass is 643 g/mol. The fourth-order valence-corrected chi connectivity index (χ4v) is 6.96. The van der Waals surface area contributed by atoms with Crippen LogP contribution in [0.1, 0.15) is 40.5 Å². The van der Waals surface area contributed by atoms with Gasteiger partial charge in [0.25, 0.3) is 0 Å². The van der Waals surface area contributed by atoms with Crippen molar-refractivity contribution in [2.75, 3.05) is 37.6 Å². The molecule has 13 heteroatoms. The highest BCUT2D eigenvalue weighted by atomic mass is 32.2. The Bertz CT molecular complexity index is 1760. The molecule has 2 aromatic rings. The molecular weight excluding hydrogens is 606 g/mol. The number of rotatable bonds is 15. The number of fused-ring (bicyclic) bond motifs is 2. The van der Waals surface area contributed by atoms with Gasteiger partial charge >= 0.3 is 0 Å². The van der Waals surface area contributed by atoms with Crippen LogP contribution in [0.5, 0.6) is 0 Å². The van der Waals surface area contributed by atoms with E-state index < -0.39 is 16.0 Å². The van der Waals surface area contributed by atoms with Crippen molar-refractivity contribution in [1.82, 2.24) is 9.30 Å². The van der Waals surface area contributed by atoms with Crippen molar-refractivity contribution in [3.8, 4) is 22.5 Å². The Balaban J connectivity index is 1.96. The van der Waals surface area contributed by atoms with Crippen LogP contribution in [0.15, 0.2) is 68.8 Å². The topological polar surface area (TPSA) is 144 Å². The van der Waals surface area contributed by atoms with Crippen molar-refractivity contribution < 1.29 is 37.4 Å². The lowest BCUT2D eigenvalue weighted by atomic mass is 9.93. The number of anilines is 1. The number of aliphatic carboxylic acids is 1. The average Bonchev–Trinajstić information content (AvgIpc) is 3.02. The average molecular weight is 644 g/mol. The molecule has 0 radical (unpaired) electrons. The normalized spacial score (nSPS) is 11.8. The number of sulfonamides is 1. The van der Waals surface area contributed by atoms with E-state index in [1.165, 1.54) is 12.1 Å². The second-order valence-electron chi connectivity index (χ2n) is 9.94. The molecule has 1 aliphatic carbocycles. The molecule has 44 heavy (non-hydrogen) atoms. The van der Waals surface area contributed by atoms with Crippen molar-refractivity contribution in [3.05, 3.63) is 60.0 Å². The molecule has 0 amide bonds. The quantitative estimate of drug-likeness (QED) is 0.0485. The smallest absolute Gasteiger partial charge is 0.240 e. The van der Waals surface area contributed by atoms with Crippen molar-refractivity contribution in [2.45, 2.75) is 50.3 Å². The lowest BCUT2D eigenvalue weighted by Crippen LogP contribution is -2.29. The van der Waals surface area contributed by atoms with Gasteiger partial charge in [0.2, 0.25) is 15.4 Å². The molecule has 4 rings (SSSR count). The predicted molar refractivity (Wildman–Crippen MR) is 168 cm³/mol. The minimum atomic E-state index is -4.00. The third-order valence-electron chi connectivity index (χ3n) is 7.48. The number of carbonyl (C=O) groups is 1. The van der Waals surface area contributed by atoms with Gasteiger partial charge in [0.15, 0.2) is 0 Å². The minimum absolute atomic E-state index is 0.0689. The van der Waals surface area contributed by atoms with Crippen molar-refractivity contribution in [1.29, 1.82) is 0 Å². The summed E-state index contributed by atoms with van der Waals surface area (Å²) in [5, 5.41) is 25.4. The van der Waals surface area contributed by atoms with Gasteiger partial charge in [-0.15, -0.1) is 4.33 Å². The van der Waals surface area contributed by atoms with Gasteiger partial charge in [-0.3, -0.25) is 0 Å². The van der Waals surface area contributed by atoms with E-state index in [1.54, 1.807) is 6.07 Å². The van der Waals surface area contributed by atoms with Crippen molar-refractivity contribution in [2.24, 2.45) is 0 Å². The Morgan fingerprint density at radius 2 is 1.75 bits per heavy atom. The van der Waals surface area contributed by atoms with Crippen LogP contribution in [0.2, 0.25) is 0 Å². The lowest BCUT2D eigenvalue weighted by molar-refractivity contribution is -0.432. The summed E-state index contributed by atoms with van der Waals surface area (Å²) in [6.45, 7) is 11.6. The first-order valence-corrected chi connectivity index (χ1v) is 16.7. The number of carboxylic acids is 1. The van der Waals surface area contributed by atoms with Gasteiger partial charge in [-0.2, -0.15) is 0 Å². The number of nitrogens with one attached hydrogen (secondary N) is 1. The van der Waals surface area contributed by atoms with Crippen LogP contribution in [0.4, 0.5) is 5.69 Å². The summed E-state index contributed by atoms with van der Waals surface area (Å²) in [5.74, 6) is -0.606. The summed E-state index contributed by atoms with van der Waals surface area (Å²) in [7, 11) is -4.00. The zero-order chi connectivity index (χ0) is 31.9. The molecule has 0 atom stereocenters. The lowest BCUT2D eigenvalue weighted by Gasteiger charge is -2.22. The van der Waals surface area contributed by atoms with Crippen LogP contribution >= 0.6 is 12.0 Å². The molecule has 0 fully saturated rings. The van der Waals surface area contributed by atoms with E-state index in [2.05, 4.69) is 46.9 Å². The maximum Gasteiger partial charge on any atom is 0.240 e. The number of nitrogens with zero attached hydrogens (tertiary/aromatic N) is 2. The van der Waals surface area contributed by atoms with E-state index in [0.29, 0.717) is 33.8 Å². The molecule has 2 N–H and O–H groups in total. The summed E-state index contributed by atoms with van der Waals surface area (Å²) < 4.78 is 42.1. The van der Waals surface area contributed by atoms with Crippen LogP contribution in [0.3, 0.4) is 0 Å². The van der Waals surface area contributed by atoms with Gasteiger partial charge < -0.3 is 19.2 Å². The molecule has 0 unspecified atom stereocenters. The first kappa shape index (κ1) is 33.4. The molecule has 2 aromatic carbocycles. The van der Waals surface area contributed by atoms with Gasteiger partial charge in [-0.1, -0.05) is 11.1 Å². The Hall–Kier alpha value is -3.46. The standard InChI is InChI=1S/C31H37N3O8S2/c1-5-33(6-2)21-11-14-24-27(18-21)40-28-19-22(34(7-3)8-4)12-15-25(28)31(24)26-16-13-23(20-29(26)43-42-41-37)44(38,39)32-17-9-10-30(35)36/h11-16,18-20,32H,5-10,17H2,1-4H3,(H-,35,36,37). The predicted octanol–water partition coefficient (Wildman–Crippen LogP) is 4.10. The Morgan fingerprint density at radius 1 is 1.02 bits per heavy atom. The SMILES string of the molecule is CCN(CC)c1ccc2c(-c3ccc(S(=O)(=O)NCCCC(=O)[O-])cc3SOOO)c3ccc(=[N+](CC)CC)cc-3oc2c1. The van der Waals surface area contributed by atoms with Crippen LogP contribution in [-0.2, 0) is 24.2 Å². The molecule has 1 aliphatic heterocycles. The second kappa shape index (κ2) is 15.0. The van der Waals surface area contributed by atoms with Crippen LogP contribution in [0.25, 0.3) is 33.4 Å². The molecular formula is C31H37N3O8S2. The summed E-state index contributed by atoms with van der Waals surface area (Å²) in [4.78, 5) is 13.2. The van der Waals surface area contributed by atoms with E-state index in [-0.39, 0.29) is 24.3 Å². The number of hydrogen-bond acceptors (Lipinski definition) is 10. The third-order valence-corrected chi connectivity index (χ3v) is 9.59. The Kier molecular flexibility index (Phi) is 11.4. The number of hydrogen-bond donors (Lipinski definition) is 2. The zero-order valence-electron chi connectivity index (χ0n) is 25.2. The molecule has 11 nitrogen and oxygen atoms in total. The van der Waals surface area contributed by atoms with E-state index >= 15 is 0 Å². The van der Waals surface area contributed by atoms with Gasteiger partial charge in [0, 0.05) is 64.8 Å². The van der Waals surface area contributed by atoms with Crippen molar-refractivity contribution in [3.63, 3.8) is 0 Å². The second-order valence-corrected chi connectivity index (χ2v) is 12.4. The molecule has 236 valence electrons. The fourth-order valence-electron chi connectivity index (χ4n) is 5.25. The molecule has 0 aromatic heterocycles. The minimum Gasteiger partial charge on any atom is -0.550 e. The van der Waals surface area contributed by atoms with Crippen LogP contribution in [-0.4, -0.2) is 52.4 Å². The molecule has 0 saturated carbocycles. The Morgan fingerprint density at radius 3 is 2.41 bits per heavy atom. The maximum atomic E-state index is 13.1. The summed E-state index contributed by atoms with van der Waals surface area (Å²) >= 11 is 0.655. The number of carbonyl (C=O) groups excluding carboxylic acids is 1. The van der Waals surface area contributed by atoms with E-state index in [1.807, 2.05) is 36.4 Å². The van der Waals surface area contributed by atoms with Gasteiger partial charge in [0.05, 0.1) is 23.0 Å². The molecule has 0 bridgehead atoms. The summed E-state index contributed by atoms with van der Waals surface area (Å²) in [5.41, 5.74) is 3.87. The fraction of sp³-hybridized carbons (Fsp3) is 0.355. The first-order valence-electron chi connectivity index (χ1n) is 14.5. The molecule has 2 aliphatic rings. The molecule has 1 heterocycles. The largest absolute Gasteiger partial charge is 0.550 e. The van der Waals surface area contributed by atoms with Crippen molar-refractivity contribution >= 4 is 44.7 Å². The van der Waals surface area contributed by atoms with E-state index in [0.717, 1.165) is 53.7 Å². The summed E-state index contributed by atoms with van der Waals surface area (Å²) in [6, 6.07) is 16.6. The maximum absolute atomic E-state index is 13.1. The highest BCUT2D eigenvalue weighted by Crippen LogP contribution is 2.44. The molecule has 0 saturated heterocycles. The number of benzene rings is 3. The van der Waals surface area contributed by atoms with E-state index in [9.17, 15) is 18.3 Å².